The number of aromatic amines is 2. The maximum Gasteiger partial charge on any atom is 0.213 e. The van der Waals surface area contributed by atoms with Crippen molar-refractivity contribution >= 4 is 23.1 Å². The molecule has 0 aliphatic rings. The lowest BCUT2D eigenvalue weighted by Crippen LogP contribution is -1.97. The Balaban J connectivity index is 2.39. The molecular weight excluding hydrogens is 280 g/mol. The first-order chi connectivity index (χ1) is 9.95. The molecule has 0 saturated heterocycles. The second kappa shape index (κ2) is 5.07. The second-order valence-corrected chi connectivity index (χ2v) is 6.11. The summed E-state index contributed by atoms with van der Waals surface area (Å²) in [5, 5.41) is 7.01. The number of hydrogen-bond donors (Lipinski definition) is 2. The largest absolute Gasteiger partial charge is 0.282 e. The summed E-state index contributed by atoms with van der Waals surface area (Å²) < 4.78 is 0.463. The Morgan fingerprint density at radius 3 is 2.33 bits per heavy atom. The number of rotatable bonds is 2. The van der Waals surface area contributed by atoms with Gasteiger partial charge in [-0.05, 0) is 61.3 Å². The molecule has 4 nitrogen and oxygen atoms in total. The average molecular weight is 298 g/mol. The van der Waals surface area contributed by atoms with Crippen LogP contribution in [0.5, 0.6) is 0 Å². The fourth-order valence-electron chi connectivity index (χ4n) is 2.40. The van der Waals surface area contributed by atoms with Crippen LogP contribution in [0.2, 0.25) is 0 Å². The molecule has 0 radical (unpaired) electrons. The molecule has 3 aromatic rings. The third-order valence-corrected chi connectivity index (χ3v) is 3.99. The zero-order valence-corrected chi connectivity index (χ0v) is 13.4. The Morgan fingerprint density at radius 1 is 1.00 bits per heavy atom. The minimum atomic E-state index is 0.358. The van der Waals surface area contributed by atoms with Gasteiger partial charge in [0.05, 0.1) is 5.52 Å². The number of nitrogens with zero attached hydrogens (tertiary/aromatic N) is 2. The maximum atomic E-state index is 5.07. The van der Waals surface area contributed by atoms with Crippen molar-refractivity contribution in [2.75, 3.05) is 0 Å². The van der Waals surface area contributed by atoms with Crippen molar-refractivity contribution < 1.29 is 0 Å². The van der Waals surface area contributed by atoms with Crippen molar-refractivity contribution in [3.8, 4) is 11.4 Å². The van der Waals surface area contributed by atoms with Gasteiger partial charge in [-0.1, -0.05) is 13.8 Å². The number of aromatic nitrogens is 4. The van der Waals surface area contributed by atoms with Gasteiger partial charge in [0.15, 0.2) is 5.82 Å². The molecule has 0 bridgehead atoms. The van der Waals surface area contributed by atoms with Crippen LogP contribution in [0, 0.1) is 18.6 Å². The van der Waals surface area contributed by atoms with Gasteiger partial charge >= 0.3 is 0 Å². The van der Waals surface area contributed by atoms with Crippen molar-refractivity contribution in [3.63, 3.8) is 0 Å². The first-order valence-electron chi connectivity index (χ1n) is 7.02. The van der Waals surface area contributed by atoms with Crippen LogP contribution >= 0.6 is 12.2 Å². The highest BCUT2D eigenvalue weighted by Gasteiger charge is 2.13. The Labute approximate surface area is 128 Å². The molecule has 0 spiro atoms. The van der Waals surface area contributed by atoms with Crippen molar-refractivity contribution in [3.05, 3.63) is 39.8 Å². The smallest absolute Gasteiger partial charge is 0.213 e. The van der Waals surface area contributed by atoms with E-state index in [-0.39, 0.29) is 0 Å². The SMILES string of the molecule is Cc1cc2nc(C(C)C)cc(-c3nc(=S)[nH][nH]3)c2cc1C. The third kappa shape index (κ3) is 2.49. The molecule has 2 N–H and O–H groups in total. The number of benzene rings is 1. The van der Waals surface area contributed by atoms with Crippen LogP contribution in [-0.2, 0) is 0 Å². The molecule has 108 valence electrons. The van der Waals surface area contributed by atoms with E-state index in [0.717, 1.165) is 28.0 Å². The van der Waals surface area contributed by atoms with E-state index >= 15 is 0 Å². The van der Waals surface area contributed by atoms with Gasteiger partial charge in [-0.25, -0.2) is 0 Å². The monoisotopic (exact) mass is 298 g/mol. The molecule has 0 amide bonds. The number of fused-ring (bicyclic) bond motifs is 1. The topological polar surface area (TPSA) is 57.4 Å². The number of H-pyrrole nitrogens is 2. The summed E-state index contributed by atoms with van der Waals surface area (Å²) >= 11 is 5.07. The molecule has 0 fully saturated rings. The van der Waals surface area contributed by atoms with Crippen molar-refractivity contribution in [1.29, 1.82) is 0 Å². The first-order valence-corrected chi connectivity index (χ1v) is 7.43. The Hall–Kier alpha value is -2.01. The van der Waals surface area contributed by atoms with E-state index < -0.39 is 0 Å². The van der Waals surface area contributed by atoms with Crippen LogP contribution in [0.15, 0.2) is 18.2 Å². The first kappa shape index (κ1) is 13.9. The van der Waals surface area contributed by atoms with Crippen LogP contribution in [0.4, 0.5) is 0 Å². The van der Waals surface area contributed by atoms with Gasteiger partial charge in [0.1, 0.15) is 0 Å². The van der Waals surface area contributed by atoms with Gasteiger partial charge in [-0.3, -0.25) is 15.2 Å². The Bertz CT molecular complexity index is 874. The van der Waals surface area contributed by atoms with Crippen LogP contribution < -0.4 is 0 Å². The van der Waals surface area contributed by atoms with E-state index in [1.54, 1.807) is 0 Å². The minimum absolute atomic E-state index is 0.358. The van der Waals surface area contributed by atoms with Gasteiger partial charge in [-0.2, -0.15) is 4.98 Å². The molecule has 1 aromatic carbocycles. The van der Waals surface area contributed by atoms with Crippen LogP contribution in [-0.4, -0.2) is 20.2 Å². The summed E-state index contributed by atoms with van der Waals surface area (Å²) in [4.78, 5) is 9.15. The fourth-order valence-corrected chi connectivity index (χ4v) is 2.54. The third-order valence-electron chi connectivity index (χ3n) is 3.79. The average Bonchev–Trinajstić information content (AvgIpc) is 2.85. The standard InChI is InChI=1S/C16H18N4S/c1-8(2)13-7-12(15-18-16(21)20-19-15)11-5-9(3)10(4)6-14(11)17-13/h5-8H,1-4H3,(H2,18,19,20,21). The van der Waals surface area contributed by atoms with Crippen LogP contribution in [0.1, 0.15) is 36.6 Å². The van der Waals surface area contributed by atoms with E-state index in [2.05, 4.69) is 61.1 Å². The van der Waals surface area contributed by atoms with Crippen LogP contribution in [0.3, 0.4) is 0 Å². The summed E-state index contributed by atoms with van der Waals surface area (Å²) in [6.45, 7) is 8.51. The molecule has 2 heterocycles. The van der Waals surface area contributed by atoms with E-state index in [9.17, 15) is 0 Å². The Kier molecular flexibility index (Phi) is 3.37. The molecular formula is C16H18N4S. The molecule has 5 heteroatoms. The fraction of sp³-hybridized carbons (Fsp3) is 0.312. The molecule has 0 saturated carbocycles. The summed E-state index contributed by atoms with van der Waals surface area (Å²) in [5.41, 5.74) is 5.60. The van der Waals surface area contributed by atoms with Crippen molar-refractivity contribution in [1.82, 2.24) is 20.2 Å². The molecule has 3 rings (SSSR count). The van der Waals surface area contributed by atoms with E-state index in [4.69, 9.17) is 17.2 Å². The van der Waals surface area contributed by atoms with Gasteiger partial charge in [0.25, 0.3) is 0 Å². The van der Waals surface area contributed by atoms with Crippen molar-refractivity contribution in [2.24, 2.45) is 0 Å². The number of hydrogen-bond acceptors (Lipinski definition) is 3. The molecule has 0 unspecified atom stereocenters. The second-order valence-electron chi connectivity index (χ2n) is 5.72. The van der Waals surface area contributed by atoms with Gasteiger partial charge < -0.3 is 0 Å². The quantitative estimate of drug-likeness (QED) is 0.688. The van der Waals surface area contributed by atoms with Gasteiger partial charge in [-0.15, -0.1) is 0 Å². The summed E-state index contributed by atoms with van der Waals surface area (Å²) in [5.74, 6) is 1.12. The lowest BCUT2D eigenvalue weighted by atomic mass is 9.99. The predicted octanol–water partition coefficient (Wildman–Crippen LogP) is 4.42. The van der Waals surface area contributed by atoms with Gasteiger partial charge in [0, 0.05) is 16.6 Å². The highest BCUT2D eigenvalue weighted by Crippen LogP contribution is 2.30. The highest BCUT2D eigenvalue weighted by molar-refractivity contribution is 7.71. The van der Waals surface area contributed by atoms with Gasteiger partial charge in [0.2, 0.25) is 4.77 Å². The molecule has 21 heavy (non-hydrogen) atoms. The summed E-state index contributed by atoms with van der Waals surface area (Å²) in [7, 11) is 0. The van der Waals surface area contributed by atoms with E-state index in [1.165, 1.54) is 11.1 Å². The Morgan fingerprint density at radius 2 is 1.71 bits per heavy atom. The zero-order chi connectivity index (χ0) is 15.1. The molecule has 0 aliphatic heterocycles. The summed E-state index contributed by atoms with van der Waals surface area (Å²) in [6, 6.07) is 6.41. The number of nitrogens with one attached hydrogen (secondary N) is 2. The number of pyridine rings is 1. The molecule has 0 aliphatic carbocycles. The van der Waals surface area contributed by atoms with Crippen molar-refractivity contribution in [2.45, 2.75) is 33.6 Å². The normalized spacial score (nSPS) is 11.5. The lowest BCUT2D eigenvalue weighted by molar-refractivity contribution is 0.830. The lowest BCUT2D eigenvalue weighted by Gasteiger charge is -2.12. The van der Waals surface area contributed by atoms with E-state index in [0.29, 0.717) is 10.7 Å². The molecule has 0 atom stereocenters. The minimum Gasteiger partial charge on any atom is -0.282 e. The maximum absolute atomic E-state index is 5.07. The number of aryl methyl sites for hydroxylation is 2. The predicted molar refractivity (Wildman–Crippen MR) is 88.1 cm³/mol. The zero-order valence-electron chi connectivity index (χ0n) is 12.6. The summed E-state index contributed by atoms with van der Waals surface area (Å²) in [6.07, 6.45) is 0. The van der Waals surface area contributed by atoms with E-state index in [1.807, 2.05) is 0 Å². The van der Waals surface area contributed by atoms with Crippen LogP contribution in [0.25, 0.3) is 22.3 Å². The highest BCUT2D eigenvalue weighted by atomic mass is 32.1. The molecule has 2 aromatic heterocycles.